The number of nitrogens with zero attached hydrogens (tertiary/aromatic N) is 3. The molecule has 1 atom stereocenters. The highest BCUT2D eigenvalue weighted by Crippen LogP contribution is 2.21. The molecular weight excluding hydrogens is 236 g/mol. The van der Waals surface area contributed by atoms with E-state index in [2.05, 4.69) is 23.7 Å². The molecule has 0 bridgehead atoms. The van der Waals surface area contributed by atoms with Crippen molar-refractivity contribution in [1.29, 1.82) is 0 Å². The summed E-state index contributed by atoms with van der Waals surface area (Å²) in [4.78, 5) is 11.7. The molecule has 1 unspecified atom stereocenters. The molecule has 0 spiro atoms. The van der Waals surface area contributed by atoms with Gasteiger partial charge in [-0.3, -0.25) is 0 Å². The first-order valence-electron chi connectivity index (χ1n) is 7.58. The van der Waals surface area contributed by atoms with Crippen LogP contribution in [-0.2, 0) is 12.8 Å². The molecule has 19 heavy (non-hydrogen) atoms. The van der Waals surface area contributed by atoms with E-state index in [-0.39, 0.29) is 0 Å². The first kappa shape index (κ1) is 14.3. The van der Waals surface area contributed by atoms with Crippen LogP contribution in [0, 0.1) is 5.92 Å². The average Bonchev–Trinajstić information content (AvgIpc) is 2.47. The van der Waals surface area contributed by atoms with E-state index in [4.69, 9.17) is 10.7 Å². The Labute approximate surface area is 116 Å². The second-order valence-electron chi connectivity index (χ2n) is 5.44. The summed E-state index contributed by atoms with van der Waals surface area (Å²) >= 11 is 0. The predicted octanol–water partition coefficient (Wildman–Crippen LogP) is 2.17. The van der Waals surface area contributed by atoms with Gasteiger partial charge in [-0.05, 0) is 43.7 Å². The molecule has 4 nitrogen and oxygen atoms in total. The molecule has 1 saturated heterocycles. The van der Waals surface area contributed by atoms with Crippen LogP contribution >= 0.6 is 0 Å². The molecule has 1 fully saturated rings. The first-order valence-corrected chi connectivity index (χ1v) is 7.58. The highest BCUT2D eigenvalue weighted by atomic mass is 15.3. The summed E-state index contributed by atoms with van der Waals surface area (Å²) in [6, 6.07) is 0. The van der Waals surface area contributed by atoms with E-state index in [1.54, 1.807) is 0 Å². The molecule has 106 valence electrons. The van der Waals surface area contributed by atoms with Crippen molar-refractivity contribution in [2.24, 2.45) is 11.7 Å². The van der Waals surface area contributed by atoms with E-state index in [0.717, 1.165) is 44.8 Å². The average molecular weight is 262 g/mol. The number of hydrogen-bond acceptors (Lipinski definition) is 4. The molecule has 2 heterocycles. The molecule has 1 aliphatic heterocycles. The summed E-state index contributed by atoms with van der Waals surface area (Å²) < 4.78 is 0. The maximum Gasteiger partial charge on any atom is 0.225 e. The molecular formula is C15H26N4. The van der Waals surface area contributed by atoms with E-state index in [1.807, 2.05) is 6.20 Å². The molecule has 1 aromatic rings. The van der Waals surface area contributed by atoms with Gasteiger partial charge in [0.05, 0.1) is 0 Å². The van der Waals surface area contributed by atoms with Crippen molar-refractivity contribution in [3.8, 4) is 0 Å². The summed E-state index contributed by atoms with van der Waals surface area (Å²) in [7, 11) is 0. The zero-order valence-corrected chi connectivity index (χ0v) is 12.2. The monoisotopic (exact) mass is 262 g/mol. The molecule has 0 saturated carbocycles. The number of aryl methyl sites for hydroxylation is 2. The van der Waals surface area contributed by atoms with Crippen LogP contribution in [0.15, 0.2) is 6.20 Å². The standard InChI is InChI=1S/C15H26N4/c1-3-6-14-13(4-2)10-17-15(18-14)19-8-5-7-12(9-16)11-19/h10,12H,3-9,11,16H2,1-2H3. The molecule has 0 radical (unpaired) electrons. The van der Waals surface area contributed by atoms with Crippen LogP contribution < -0.4 is 10.6 Å². The molecule has 1 aliphatic rings. The van der Waals surface area contributed by atoms with Crippen LogP contribution in [0.3, 0.4) is 0 Å². The minimum Gasteiger partial charge on any atom is -0.340 e. The molecule has 2 N–H and O–H groups in total. The second-order valence-corrected chi connectivity index (χ2v) is 5.44. The van der Waals surface area contributed by atoms with Gasteiger partial charge < -0.3 is 10.6 Å². The lowest BCUT2D eigenvalue weighted by molar-refractivity contribution is 0.419. The van der Waals surface area contributed by atoms with Gasteiger partial charge in [0.1, 0.15) is 0 Å². The Balaban J connectivity index is 2.17. The molecule has 1 aromatic heterocycles. The Kier molecular flexibility index (Phi) is 5.14. The zero-order valence-electron chi connectivity index (χ0n) is 12.2. The topological polar surface area (TPSA) is 55.0 Å². The number of piperidine rings is 1. The van der Waals surface area contributed by atoms with Crippen molar-refractivity contribution in [3.05, 3.63) is 17.5 Å². The smallest absolute Gasteiger partial charge is 0.225 e. The molecule has 0 amide bonds. The van der Waals surface area contributed by atoms with Crippen molar-refractivity contribution in [2.75, 3.05) is 24.5 Å². The normalized spacial score (nSPS) is 19.7. The predicted molar refractivity (Wildman–Crippen MR) is 79.4 cm³/mol. The number of rotatable bonds is 5. The van der Waals surface area contributed by atoms with Gasteiger partial charge in [-0.25, -0.2) is 9.97 Å². The first-order chi connectivity index (χ1) is 9.28. The van der Waals surface area contributed by atoms with Crippen molar-refractivity contribution in [3.63, 3.8) is 0 Å². The van der Waals surface area contributed by atoms with Gasteiger partial charge in [0.25, 0.3) is 0 Å². The Hall–Kier alpha value is -1.16. The highest BCUT2D eigenvalue weighted by Gasteiger charge is 2.21. The highest BCUT2D eigenvalue weighted by molar-refractivity contribution is 5.34. The van der Waals surface area contributed by atoms with E-state index < -0.39 is 0 Å². The summed E-state index contributed by atoms with van der Waals surface area (Å²) in [6.07, 6.45) is 7.65. The lowest BCUT2D eigenvalue weighted by atomic mass is 9.99. The van der Waals surface area contributed by atoms with Gasteiger partial charge in [-0.1, -0.05) is 20.3 Å². The van der Waals surface area contributed by atoms with Gasteiger partial charge in [-0.15, -0.1) is 0 Å². The van der Waals surface area contributed by atoms with Crippen LogP contribution in [0.5, 0.6) is 0 Å². The third kappa shape index (κ3) is 3.44. The van der Waals surface area contributed by atoms with Gasteiger partial charge >= 0.3 is 0 Å². The molecule has 0 aromatic carbocycles. The van der Waals surface area contributed by atoms with Crippen molar-refractivity contribution >= 4 is 5.95 Å². The van der Waals surface area contributed by atoms with E-state index in [0.29, 0.717) is 5.92 Å². The largest absolute Gasteiger partial charge is 0.340 e. The SMILES string of the molecule is CCCc1nc(N2CCCC(CN)C2)ncc1CC. The van der Waals surface area contributed by atoms with E-state index >= 15 is 0 Å². The van der Waals surface area contributed by atoms with Gasteiger partial charge in [0.15, 0.2) is 0 Å². The Bertz CT molecular complexity index is 405. The zero-order chi connectivity index (χ0) is 13.7. The second kappa shape index (κ2) is 6.85. The fourth-order valence-corrected chi connectivity index (χ4v) is 2.77. The fraction of sp³-hybridized carbons (Fsp3) is 0.733. The number of nitrogens with two attached hydrogens (primary N) is 1. The van der Waals surface area contributed by atoms with E-state index in [1.165, 1.54) is 24.1 Å². The lowest BCUT2D eigenvalue weighted by Gasteiger charge is -2.32. The number of anilines is 1. The Morgan fingerprint density at radius 2 is 2.26 bits per heavy atom. The molecule has 4 heteroatoms. The lowest BCUT2D eigenvalue weighted by Crippen LogP contribution is -2.39. The van der Waals surface area contributed by atoms with Crippen LogP contribution in [0.4, 0.5) is 5.95 Å². The van der Waals surface area contributed by atoms with Gasteiger partial charge in [-0.2, -0.15) is 0 Å². The number of aromatic nitrogens is 2. The van der Waals surface area contributed by atoms with Gasteiger partial charge in [0.2, 0.25) is 5.95 Å². The van der Waals surface area contributed by atoms with E-state index in [9.17, 15) is 0 Å². The quantitative estimate of drug-likeness (QED) is 0.883. The van der Waals surface area contributed by atoms with Crippen LogP contribution in [0.2, 0.25) is 0 Å². The summed E-state index contributed by atoms with van der Waals surface area (Å²) in [5, 5.41) is 0. The molecule has 0 aliphatic carbocycles. The minimum absolute atomic E-state index is 0.595. The summed E-state index contributed by atoms with van der Waals surface area (Å²) in [6.45, 7) is 7.21. The van der Waals surface area contributed by atoms with Crippen LogP contribution in [0.25, 0.3) is 0 Å². The fourth-order valence-electron chi connectivity index (χ4n) is 2.77. The van der Waals surface area contributed by atoms with Crippen molar-refractivity contribution < 1.29 is 0 Å². The van der Waals surface area contributed by atoms with Crippen LogP contribution in [-0.4, -0.2) is 29.6 Å². The van der Waals surface area contributed by atoms with Crippen molar-refractivity contribution in [2.45, 2.75) is 46.0 Å². The summed E-state index contributed by atoms with van der Waals surface area (Å²) in [5.74, 6) is 1.50. The maximum atomic E-state index is 5.80. The van der Waals surface area contributed by atoms with Crippen molar-refractivity contribution in [1.82, 2.24) is 9.97 Å². The third-order valence-corrected chi connectivity index (χ3v) is 3.94. The molecule has 2 rings (SSSR count). The van der Waals surface area contributed by atoms with Gasteiger partial charge in [0, 0.05) is 25.0 Å². The minimum atomic E-state index is 0.595. The maximum absolute atomic E-state index is 5.80. The Morgan fingerprint density at radius 3 is 2.95 bits per heavy atom. The van der Waals surface area contributed by atoms with Crippen LogP contribution in [0.1, 0.15) is 44.4 Å². The third-order valence-electron chi connectivity index (χ3n) is 3.94. The Morgan fingerprint density at radius 1 is 1.42 bits per heavy atom. The number of hydrogen-bond donors (Lipinski definition) is 1. The summed E-state index contributed by atoms with van der Waals surface area (Å²) in [5.41, 5.74) is 8.32.